The van der Waals surface area contributed by atoms with E-state index in [-0.39, 0.29) is 29.8 Å². The molecule has 0 radical (unpaired) electrons. The Labute approximate surface area is 168 Å². The van der Waals surface area contributed by atoms with Gasteiger partial charge in [-0.2, -0.15) is 4.31 Å². The number of nitrogens with zero attached hydrogens (tertiary/aromatic N) is 3. The molecule has 1 amide bonds. The minimum absolute atomic E-state index is 0.0587. The number of anilines is 1. The maximum Gasteiger partial charge on any atom is 0.243 e. The molecule has 1 saturated heterocycles. The van der Waals surface area contributed by atoms with E-state index in [9.17, 15) is 17.6 Å². The fraction of sp³-hybridized carbons (Fsp3) is 0.500. The number of hydrogen-bond acceptors (Lipinski definition) is 6. The lowest BCUT2D eigenvalue weighted by molar-refractivity contribution is -0.120. The lowest BCUT2D eigenvalue weighted by Gasteiger charge is -2.30. The zero-order valence-electron chi connectivity index (χ0n) is 15.8. The molecule has 152 valence electrons. The molecule has 2 heterocycles. The van der Waals surface area contributed by atoms with E-state index in [0.29, 0.717) is 23.9 Å². The van der Waals surface area contributed by atoms with Crippen LogP contribution in [0.5, 0.6) is 0 Å². The van der Waals surface area contributed by atoms with Crippen LogP contribution in [-0.2, 0) is 21.2 Å². The number of halogens is 1. The average molecular weight is 427 g/mol. The van der Waals surface area contributed by atoms with Gasteiger partial charge in [-0.1, -0.05) is 25.2 Å². The quantitative estimate of drug-likeness (QED) is 0.767. The van der Waals surface area contributed by atoms with Gasteiger partial charge in [-0.15, -0.1) is 10.2 Å². The Kier molecular flexibility index (Phi) is 6.41. The topological polar surface area (TPSA) is 92.3 Å². The van der Waals surface area contributed by atoms with Gasteiger partial charge in [-0.25, -0.2) is 12.8 Å². The minimum atomic E-state index is -3.68. The molecule has 0 saturated carbocycles. The highest BCUT2D eigenvalue weighted by Gasteiger charge is 2.32. The summed E-state index contributed by atoms with van der Waals surface area (Å²) in [6.07, 6.45) is 1.65. The number of aromatic nitrogens is 2. The third-order valence-corrected chi connectivity index (χ3v) is 7.33. The van der Waals surface area contributed by atoms with E-state index >= 15 is 0 Å². The maximum absolute atomic E-state index is 13.0. The highest BCUT2D eigenvalue weighted by atomic mass is 32.2. The average Bonchev–Trinajstić information content (AvgIpc) is 3.08. The zero-order chi connectivity index (χ0) is 20.3. The lowest BCUT2D eigenvalue weighted by atomic mass is 9.97. The fourth-order valence-corrected chi connectivity index (χ4v) is 5.48. The molecule has 10 heteroatoms. The van der Waals surface area contributed by atoms with Crippen LogP contribution in [-0.4, -0.2) is 41.9 Å². The SMILES string of the molecule is CC(C)Cc1nnc(NC(=O)C2CCN(S(=O)(=O)c3ccc(F)cc3)CC2)s1. The molecule has 1 fully saturated rings. The molecule has 1 aliphatic rings. The lowest BCUT2D eigenvalue weighted by Crippen LogP contribution is -2.41. The monoisotopic (exact) mass is 426 g/mol. The van der Waals surface area contributed by atoms with Gasteiger partial charge in [0.15, 0.2) is 0 Å². The summed E-state index contributed by atoms with van der Waals surface area (Å²) >= 11 is 1.37. The number of hydrogen-bond donors (Lipinski definition) is 1. The molecule has 0 unspecified atom stereocenters. The first-order valence-corrected chi connectivity index (χ1v) is 11.4. The number of piperidine rings is 1. The second kappa shape index (κ2) is 8.62. The van der Waals surface area contributed by atoms with Crippen LogP contribution in [0.15, 0.2) is 29.2 Å². The Balaban J connectivity index is 1.56. The number of carbonyl (C=O) groups excluding carboxylic acids is 1. The van der Waals surface area contributed by atoms with Gasteiger partial charge in [0.1, 0.15) is 10.8 Å². The van der Waals surface area contributed by atoms with Crippen LogP contribution in [0.3, 0.4) is 0 Å². The van der Waals surface area contributed by atoms with Gasteiger partial charge >= 0.3 is 0 Å². The number of benzene rings is 1. The summed E-state index contributed by atoms with van der Waals surface area (Å²) in [6, 6.07) is 4.77. The van der Waals surface area contributed by atoms with Crippen LogP contribution in [0, 0.1) is 17.7 Å². The molecule has 1 aromatic carbocycles. The zero-order valence-corrected chi connectivity index (χ0v) is 17.4. The minimum Gasteiger partial charge on any atom is -0.300 e. The van der Waals surface area contributed by atoms with Crippen molar-refractivity contribution in [2.24, 2.45) is 11.8 Å². The Hall–Kier alpha value is -1.91. The van der Waals surface area contributed by atoms with Crippen LogP contribution in [0.25, 0.3) is 0 Å². The summed E-state index contributed by atoms with van der Waals surface area (Å²) in [6.45, 7) is 4.67. The Morgan fingerprint density at radius 1 is 1.25 bits per heavy atom. The number of carbonyl (C=O) groups is 1. The Bertz CT molecular complexity index is 921. The molecule has 7 nitrogen and oxygen atoms in total. The smallest absolute Gasteiger partial charge is 0.243 e. The Morgan fingerprint density at radius 3 is 2.50 bits per heavy atom. The van der Waals surface area contributed by atoms with Crippen molar-refractivity contribution in [1.29, 1.82) is 0 Å². The first kappa shape index (κ1) is 20.8. The fourth-order valence-electron chi connectivity index (χ4n) is 3.06. The molecule has 1 aromatic heterocycles. The molecule has 0 atom stereocenters. The van der Waals surface area contributed by atoms with E-state index in [2.05, 4.69) is 29.4 Å². The van der Waals surface area contributed by atoms with Crippen molar-refractivity contribution in [2.75, 3.05) is 18.4 Å². The van der Waals surface area contributed by atoms with Gasteiger partial charge in [-0.3, -0.25) is 4.79 Å². The van der Waals surface area contributed by atoms with Gasteiger partial charge in [0.25, 0.3) is 0 Å². The van der Waals surface area contributed by atoms with Crippen LogP contribution >= 0.6 is 11.3 Å². The number of nitrogens with one attached hydrogen (secondary N) is 1. The summed E-state index contributed by atoms with van der Waals surface area (Å²) in [5.74, 6) is -0.463. The summed E-state index contributed by atoms with van der Waals surface area (Å²) in [5.41, 5.74) is 0. The molecule has 28 heavy (non-hydrogen) atoms. The van der Waals surface area contributed by atoms with E-state index < -0.39 is 15.8 Å². The first-order chi connectivity index (χ1) is 13.3. The van der Waals surface area contributed by atoms with Gasteiger partial charge in [-0.05, 0) is 43.0 Å². The van der Waals surface area contributed by atoms with Crippen molar-refractivity contribution in [3.8, 4) is 0 Å². The van der Waals surface area contributed by atoms with Crippen molar-refractivity contribution >= 4 is 32.4 Å². The van der Waals surface area contributed by atoms with Gasteiger partial charge in [0.2, 0.25) is 21.1 Å². The van der Waals surface area contributed by atoms with Crippen LogP contribution in [0.4, 0.5) is 9.52 Å². The molecule has 1 aliphatic heterocycles. The molecule has 1 N–H and O–H groups in total. The number of amides is 1. The predicted molar refractivity (Wildman–Crippen MR) is 105 cm³/mol. The largest absolute Gasteiger partial charge is 0.300 e. The second-order valence-corrected chi connectivity index (χ2v) is 10.2. The van der Waals surface area contributed by atoms with Gasteiger partial charge in [0, 0.05) is 25.4 Å². The summed E-state index contributed by atoms with van der Waals surface area (Å²) < 4.78 is 39.7. The molecule has 0 bridgehead atoms. The molecule has 2 aromatic rings. The maximum atomic E-state index is 13.0. The van der Waals surface area contributed by atoms with E-state index in [1.165, 1.54) is 27.8 Å². The highest BCUT2D eigenvalue weighted by Crippen LogP contribution is 2.26. The van der Waals surface area contributed by atoms with Gasteiger partial charge in [0.05, 0.1) is 4.90 Å². The Morgan fingerprint density at radius 2 is 1.89 bits per heavy atom. The van der Waals surface area contributed by atoms with Crippen molar-refractivity contribution < 1.29 is 17.6 Å². The van der Waals surface area contributed by atoms with E-state index in [1.54, 1.807) is 0 Å². The van der Waals surface area contributed by atoms with E-state index in [4.69, 9.17) is 0 Å². The predicted octanol–water partition coefficient (Wildman–Crippen LogP) is 2.92. The van der Waals surface area contributed by atoms with Gasteiger partial charge < -0.3 is 5.32 Å². The summed E-state index contributed by atoms with van der Waals surface area (Å²) in [7, 11) is -3.68. The third-order valence-electron chi connectivity index (χ3n) is 4.56. The molecule has 0 spiro atoms. The normalized spacial score (nSPS) is 16.4. The van der Waals surface area contributed by atoms with E-state index in [1.807, 2.05) is 0 Å². The number of rotatable bonds is 6. The third kappa shape index (κ3) is 4.92. The van der Waals surface area contributed by atoms with Crippen LogP contribution in [0.1, 0.15) is 31.7 Å². The number of sulfonamides is 1. The second-order valence-electron chi connectivity index (χ2n) is 7.22. The van der Waals surface area contributed by atoms with Crippen LogP contribution in [0.2, 0.25) is 0 Å². The summed E-state index contributed by atoms with van der Waals surface area (Å²) in [4.78, 5) is 12.5. The molecular formula is C18H23FN4O3S2. The van der Waals surface area contributed by atoms with E-state index in [0.717, 1.165) is 23.6 Å². The van der Waals surface area contributed by atoms with Crippen molar-refractivity contribution in [1.82, 2.24) is 14.5 Å². The van der Waals surface area contributed by atoms with Crippen LogP contribution < -0.4 is 5.32 Å². The first-order valence-electron chi connectivity index (χ1n) is 9.14. The molecular weight excluding hydrogens is 403 g/mol. The molecule has 3 rings (SSSR count). The van der Waals surface area contributed by atoms with Crippen molar-refractivity contribution in [3.63, 3.8) is 0 Å². The van der Waals surface area contributed by atoms with Crippen molar-refractivity contribution in [3.05, 3.63) is 35.1 Å². The standard InChI is InChI=1S/C18H23FN4O3S2/c1-12(2)11-16-21-22-18(27-16)20-17(24)13-7-9-23(10-8-13)28(25,26)15-5-3-14(19)4-6-15/h3-6,12-13H,7-11H2,1-2H3,(H,20,22,24). The molecule has 0 aliphatic carbocycles. The summed E-state index contributed by atoms with van der Waals surface area (Å²) in [5, 5.41) is 12.2. The van der Waals surface area contributed by atoms with Crippen molar-refractivity contribution in [2.45, 2.75) is 38.0 Å². The highest BCUT2D eigenvalue weighted by molar-refractivity contribution is 7.89.